The zero-order valence-corrected chi connectivity index (χ0v) is 13.5. The molecule has 5 nitrogen and oxygen atoms in total. The van der Waals surface area contributed by atoms with Crippen LogP contribution in [0.25, 0.3) is 0 Å². The van der Waals surface area contributed by atoms with Crippen molar-refractivity contribution < 1.29 is 14.0 Å². The topological polar surface area (TPSA) is 70.2 Å². The molecule has 1 aliphatic rings. The lowest BCUT2D eigenvalue weighted by Crippen LogP contribution is -2.50. The van der Waals surface area contributed by atoms with Crippen LogP contribution in [0.4, 0.5) is 15.8 Å². The molecule has 1 heterocycles. The number of rotatable bonds is 4. The van der Waals surface area contributed by atoms with Crippen LogP contribution in [0.15, 0.2) is 18.2 Å². The maximum atomic E-state index is 13.8. The molecule has 1 aromatic carbocycles. The summed E-state index contributed by atoms with van der Waals surface area (Å²) in [6.07, 6.45) is 2.31. The Bertz CT molecular complexity index is 560. The van der Waals surface area contributed by atoms with E-state index in [1.165, 1.54) is 25.1 Å². The van der Waals surface area contributed by atoms with Crippen molar-refractivity contribution in [2.24, 2.45) is 0 Å². The quantitative estimate of drug-likeness (QED) is 0.795. The van der Waals surface area contributed by atoms with Gasteiger partial charge in [-0.1, -0.05) is 6.92 Å². The second kappa shape index (κ2) is 7.56. The normalized spacial score (nSPS) is 20.1. The average Bonchev–Trinajstić information content (AvgIpc) is 2.92. The highest BCUT2D eigenvalue weighted by Crippen LogP contribution is 2.26. The van der Waals surface area contributed by atoms with Gasteiger partial charge in [0.05, 0.1) is 11.2 Å². The summed E-state index contributed by atoms with van der Waals surface area (Å²) in [6.45, 7) is 4.09. The number of benzene rings is 1. The van der Waals surface area contributed by atoms with E-state index in [-0.39, 0.29) is 29.9 Å². The second-order valence-electron chi connectivity index (χ2n) is 5.30. The Hall–Kier alpha value is -1.66. The number of hydrogen-bond acceptors (Lipinski definition) is 3. The number of halogens is 2. The van der Waals surface area contributed by atoms with Gasteiger partial charge in [-0.3, -0.25) is 9.59 Å². The molecule has 22 heavy (non-hydrogen) atoms. The van der Waals surface area contributed by atoms with E-state index in [4.69, 9.17) is 0 Å². The fourth-order valence-electron chi connectivity index (χ4n) is 2.61. The Morgan fingerprint density at radius 3 is 2.64 bits per heavy atom. The monoisotopic (exact) mass is 329 g/mol. The van der Waals surface area contributed by atoms with E-state index in [0.29, 0.717) is 12.1 Å². The molecule has 0 aliphatic carbocycles. The third-order valence-corrected chi connectivity index (χ3v) is 3.82. The minimum atomic E-state index is -0.629. The summed E-state index contributed by atoms with van der Waals surface area (Å²) in [6, 6.07) is 4.10. The minimum Gasteiger partial charge on any atom is -0.326 e. The lowest BCUT2D eigenvalue weighted by atomic mass is 9.93. The minimum absolute atomic E-state index is 0. The highest BCUT2D eigenvalue weighted by Gasteiger charge is 2.39. The van der Waals surface area contributed by atoms with Gasteiger partial charge in [0, 0.05) is 12.6 Å². The van der Waals surface area contributed by atoms with E-state index in [2.05, 4.69) is 16.0 Å². The first kappa shape index (κ1) is 18.4. The molecule has 1 unspecified atom stereocenters. The summed E-state index contributed by atoms with van der Waals surface area (Å²) in [5, 5.41) is 8.40. The van der Waals surface area contributed by atoms with Crippen LogP contribution in [0.1, 0.15) is 33.1 Å². The third-order valence-electron chi connectivity index (χ3n) is 3.82. The van der Waals surface area contributed by atoms with E-state index in [1.54, 1.807) is 0 Å². The lowest BCUT2D eigenvalue weighted by molar-refractivity contribution is -0.122. The van der Waals surface area contributed by atoms with Crippen LogP contribution in [-0.4, -0.2) is 23.9 Å². The van der Waals surface area contributed by atoms with Crippen molar-refractivity contribution in [1.82, 2.24) is 5.32 Å². The Balaban J connectivity index is 0.00000242. The number of amides is 2. The van der Waals surface area contributed by atoms with Gasteiger partial charge in [-0.25, -0.2) is 4.39 Å². The van der Waals surface area contributed by atoms with E-state index < -0.39 is 11.4 Å². The maximum absolute atomic E-state index is 13.8. The van der Waals surface area contributed by atoms with Crippen molar-refractivity contribution in [3.8, 4) is 0 Å². The first-order valence-corrected chi connectivity index (χ1v) is 7.10. The molecule has 0 radical (unpaired) electrons. The van der Waals surface area contributed by atoms with Crippen LogP contribution in [-0.2, 0) is 9.59 Å². The van der Waals surface area contributed by atoms with Crippen LogP contribution in [0.3, 0.4) is 0 Å². The molecule has 7 heteroatoms. The molecule has 2 amide bonds. The Morgan fingerprint density at radius 2 is 2.09 bits per heavy atom. The fourth-order valence-corrected chi connectivity index (χ4v) is 2.61. The van der Waals surface area contributed by atoms with Crippen molar-refractivity contribution in [3.63, 3.8) is 0 Å². The second-order valence-corrected chi connectivity index (χ2v) is 5.30. The zero-order chi connectivity index (χ0) is 15.5. The van der Waals surface area contributed by atoms with E-state index >= 15 is 0 Å². The molecular weight excluding hydrogens is 309 g/mol. The highest BCUT2D eigenvalue weighted by atomic mass is 35.5. The molecule has 122 valence electrons. The van der Waals surface area contributed by atoms with Crippen LogP contribution < -0.4 is 16.0 Å². The van der Waals surface area contributed by atoms with Gasteiger partial charge < -0.3 is 16.0 Å². The van der Waals surface area contributed by atoms with Gasteiger partial charge in [0.1, 0.15) is 5.82 Å². The Morgan fingerprint density at radius 1 is 1.36 bits per heavy atom. The molecule has 1 aromatic rings. The standard InChI is InChI=1S/C15H20FN3O2.ClH/c1-3-15(7-4-8-17-15)14(21)19-13-9-11(18-10(2)20)5-6-12(13)16;/h5-6,9,17H,3-4,7-8H2,1-2H3,(H,18,20)(H,19,21);1H. The van der Waals surface area contributed by atoms with Gasteiger partial charge in [-0.15, -0.1) is 12.4 Å². The molecular formula is C15H21ClFN3O2. The van der Waals surface area contributed by atoms with Crippen molar-refractivity contribution in [3.05, 3.63) is 24.0 Å². The van der Waals surface area contributed by atoms with Crippen LogP contribution in [0.5, 0.6) is 0 Å². The fraction of sp³-hybridized carbons (Fsp3) is 0.467. The number of carbonyl (C=O) groups excluding carboxylic acids is 2. The summed E-state index contributed by atoms with van der Waals surface area (Å²) in [4.78, 5) is 23.5. The molecule has 1 fully saturated rings. The Labute approximate surface area is 135 Å². The molecule has 2 rings (SSSR count). The summed E-state index contributed by atoms with van der Waals surface area (Å²) >= 11 is 0. The van der Waals surface area contributed by atoms with Gasteiger partial charge in [-0.2, -0.15) is 0 Å². The summed E-state index contributed by atoms with van der Waals surface area (Å²) in [5.74, 6) is -1.01. The molecule has 1 atom stereocenters. The van der Waals surface area contributed by atoms with Gasteiger partial charge in [0.15, 0.2) is 0 Å². The molecule has 0 bridgehead atoms. The first-order chi connectivity index (χ1) is 9.97. The predicted octanol–water partition coefficient (Wildman–Crippen LogP) is 2.68. The number of carbonyl (C=O) groups is 2. The first-order valence-electron chi connectivity index (χ1n) is 7.10. The van der Waals surface area contributed by atoms with Crippen molar-refractivity contribution in [2.45, 2.75) is 38.6 Å². The smallest absolute Gasteiger partial charge is 0.244 e. The molecule has 0 aromatic heterocycles. The van der Waals surface area contributed by atoms with Crippen LogP contribution >= 0.6 is 12.4 Å². The van der Waals surface area contributed by atoms with E-state index in [0.717, 1.165) is 19.4 Å². The van der Waals surface area contributed by atoms with Crippen LogP contribution in [0.2, 0.25) is 0 Å². The number of anilines is 2. The van der Waals surface area contributed by atoms with Gasteiger partial charge in [-0.05, 0) is 44.0 Å². The van der Waals surface area contributed by atoms with Crippen LogP contribution in [0, 0.1) is 5.82 Å². The van der Waals surface area contributed by atoms with Gasteiger partial charge in [0.2, 0.25) is 11.8 Å². The summed E-state index contributed by atoms with van der Waals surface area (Å²) in [7, 11) is 0. The van der Waals surface area contributed by atoms with Gasteiger partial charge in [0.25, 0.3) is 0 Å². The molecule has 0 spiro atoms. The maximum Gasteiger partial charge on any atom is 0.244 e. The summed E-state index contributed by atoms with van der Waals surface area (Å²) < 4.78 is 13.8. The van der Waals surface area contributed by atoms with Crippen molar-refractivity contribution in [1.29, 1.82) is 0 Å². The van der Waals surface area contributed by atoms with Crippen molar-refractivity contribution in [2.75, 3.05) is 17.2 Å². The third kappa shape index (κ3) is 3.96. The predicted molar refractivity (Wildman–Crippen MR) is 86.8 cm³/mol. The molecule has 3 N–H and O–H groups in total. The largest absolute Gasteiger partial charge is 0.326 e. The van der Waals surface area contributed by atoms with Crippen molar-refractivity contribution >= 4 is 35.6 Å². The van der Waals surface area contributed by atoms with E-state index in [1.807, 2.05) is 6.92 Å². The SMILES string of the molecule is CCC1(C(=O)Nc2cc(NC(C)=O)ccc2F)CCCN1.Cl. The van der Waals surface area contributed by atoms with E-state index in [9.17, 15) is 14.0 Å². The average molecular weight is 330 g/mol. The summed E-state index contributed by atoms with van der Waals surface area (Å²) in [5.41, 5.74) is -0.104. The Kier molecular flexibility index (Phi) is 6.32. The molecule has 1 saturated heterocycles. The zero-order valence-electron chi connectivity index (χ0n) is 12.7. The number of nitrogens with one attached hydrogen (secondary N) is 3. The highest BCUT2D eigenvalue weighted by molar-refractivity contribution is 5.99. The molecule has 1 aliphatic heterocycles. The van der Waals surface area contributed by atoms with Gasteiger partial charge >= 0.3 is 0 Å². The molecule has 0 saturated carbocycles. The number of hydrogen-bond donors (Lipinski definition) is 3. The lowest BCUT2D eigenvalue weighted by Gasteiger charge is -2.26.